The number of aryl methyl sites for hydroxylation is 1. The van der Waals surface area contributed by atoms with Gasteiger partial charge < -0.3 is 15.0 Å². The van der Waals surface area contributed by atoms with Crippen LogP contribution in [0.5, 0.6) is 0 Å². The number of anilines is 1. The highest BCUT2D eigenvalue weighted by atomic mass is 16.6. The first-order valence-corrected chi connectivity index (χ1v) is 9.61. The average Bonchev–Trinajstić information content (AvgIpc) is 3.08. The Labute approximate surface area is 163 Å². The molecule has 0 atom stereocenters. The number of nitrogens with one attached hydrogen (secondary N) is 1. The summed E-state index contributed by atoms with van der Waals surface area (Å²) in [6.07, 6.45) is 1.44. The van der Waals surface area contributed by atoms with Gasteiger partial charge in [-0.2, -0.15) is 5.26 Å². The number of para-hydroxylation sites is 2. The number of ether oxygens (including phenoxy) is 1. The van der Waals surface area contributed by atoms with E-state index in [9.17, 15) is 10.1 Å². The van der Waals surface area contributed by atoms with Crippen LogP contribution in [-0.2, 0) is 4.74 Å². The van der Waals surface area contributed by atoms with Gasteiger partial charge in [0.05, 0.1) is 23.2 Å². The fraction of sp³-hybridized carbons (Fsp3) is 0.381. The van der Waals surface area contributed by atoms with E-state index >= 15 is 0 Å². The number of hydrogen-bond acceptors (Lipinski definition) is 5. The van der Waals surface area contributed by atoms with Crippen LogP contribution in [0.4, 0.5) is 10.6 Å². The number of rotatable bonds is 3. The molecule has 0 aliphatic carbocycles. The van der Waals surface area contributed by atoms with E-state index in [1.807, 2.05) is 48.6 Å². The molecule has 1 aliphatic rings. The Balaban J connectivity index is 1.65. The van der Waals surface area contributed by atoms with Gasteiger partial charge in [0.15, 0.2) is 5.65 Å². The molecule has 3 aromatic rings. The van der Waals surface area contributed by atoms with E-state index in [1.54, 1.807) is 4.90 Å². The zero-order valence-electron chi connectivity index (χ0n) is 16.1. The van der Waals surface area contributed by atoms with Crippen molar-refractivity contribution in [3.63, 3.8) is 0 Å². The SMILES string of the molecule is CCOC(=O)N1CCC(Nc2cc(C)c(C#N)c3nc4ccccc4n23)CC1. The van der Waals surface area contributed by atoms with E-state index in [0.29, 0.717) is 30.9 Å². The fourth-order valence-corrected chi connectivity index (χ4v) is 3.83. The van der Waals surface area contributed by atoms with Crippen molar-refractivity contribution < 1.29 is 9.53 Å². The number of amides is 1. The molecule has 1 saturated heterocycles. The van der Waals surface area contributed by atoms with Gasteiger partial charge in [0.1, 0.15) is 11.9 Å². The maximum absolute atomic E-state index is 11.9. The lowest BCUT2D eigenvalue weighted by molar-refractivity contribution is 0.0983. The summed E-state index contributed by atoms with van der Waals surface area (Å²) in [6, 6.07) is 12.4. The van der Waals surface area contributed by atoms with Crippen molar-refractivity contribution in [1.29, 1.82) is 5.26 Å². The lowest BCUT2D eigenvalue weighted by Crippen LogP contribution is -2.42. The van der Waals surface area contributed by atoms with Gasteiger partial charge in [0.25, 0.3) is 0 Å². The molecule has 28 heavy (non-hydrogen) atoms. The Morgan fingerprint density at radius 2 is 2.11 bits per heavy atom. The zero-order valence-corrected chi connectivity index (χ0v) is 16.1. The minimum Gasteiger partial charge on any atom is -0.450 e. The standard InChI is InChI=1S/C21H23N5O2/c1-3-28-21(27)25-10-8-15(9-11-25)23-19-12-14(2)16(13-22)20-24-17-6-4-5-7-18(17)26(19)20/h4-7,12,15,23H,3,8-11H2,1-2H3. The van der Waals surface area contributed by atoms with Gasteiger partial charge in [-0.15, -0.1) is 0 Å². The molecule has 0 radical (unpaired) electrons. The molecule has 144 valence electrons. The van der Waals surface area contributed by atoms with Crippen molar-refractivity contribution in [3.8, 4) is 6.07 Å². The van der Waals surface area contributed by atoms with Crippen LogP contribution in [0.15, 0.2) is 30.3 Å². The maximum Gasteiger partial charge on any atom is 0.409 e. The molecule has 0 bridgehead atoms. The van der Waals surface area contributed by atoms with Crippen LogP contribution >= 0.6 is 0 Å². The third-order valence-corrected chi connectivity index (χ3v) is 5.26. The second kappa shape index (κ2) is 7.39. The van der Waals surface area contributed by atoms with Gasteiger partial charge >= 0.3 is 6.09 Å². The molecule has 0 spiro atoms. The second-order valence-electron chi connectivity index (χ2n) is 7.06. The number of benzene rings is 1. The predicted octanol–water partition coefficient (Wildman–Crippen LogP) is 3.70. The van der Waals surface area contributed by atoms with Crippen LogP contribution in [0.25, 0.3) is 16.7 Å². The van der Waals surface area contributed by atoms with Gasteiger partial charge in [-0.1, -0.05) is 12.1 Å². The summed E-state index contributed by atoms with van der Waals surface area (Å²) >= 11 is 0. The molecule has 1 amide bonds. The lowest BCUT2D eigenvalue weighted by Gasteiger charge is -2.32. The first-order valence-electron chi connectivity index (χ1n) is 9.61. The molecule has 0 unspecified atom stereocenters. The summed E-state index contributed by atoms with van der Waals surface area (Å²) in [6.45, 7) is 5.49. The van der Waals surface area contributed by atoms with E-state index in [2.05, 4.69) is 16.4 Å². The first kappa shape index (κ1) is 18.1. The summed E-state index contributed by atoms with van der Waals surface area (Å²) < 4.78 is 7.12. The van der Waals surface area contributed by atoms with Gasteiger partial charge in [0.2, 0.25) is 0 Å². The van der Waals surface area contributed by atoms with Crippen molar-refractivity contribution in [3.05, 3.63) is 41.5 Å². The van der Waals surface area contributed by atoms with Crippen molar-refractivity contribution in [2.75, 3.05) is 25.0 Å². The summed E-state index contributed by atoms with van der Waals surface area (Å²) in [5, 5.41) is 13.2. The van der Waals surface area contributed by atoms with Gasteiger partial charge in [-0.25, -0.2) is 9.78 Å². The van der Waals surface area contributed by atoms with E-state index in [1.165, 1.54) is 0 Å². The number of aromatic nitrogens is 2. The molecule has 1 fully saturated rings. The van der Waals surface area contributed by atoms with Gasteiger partial charge in [0, 0.05) is 19.1 Å². The Hall–Kier alpha value is -3.27. The molecular weight excluding hydrogens is 354 g/mol. The number of hydrogen-bond donors (Lipinski definition) is 1. The molecule has 4 rings (SSSR count). The third kappa shape index (κ3) is 3.11. The summed E-state index contributed by atoms with van der Waals surface area (Å²) in [4.78, 5) is 18.4. The maximum atomic E-state index is 11.9. The minimum atomic E-state index is -0.238. The quantitative estimate of drug-likeness (QED) is 0.752. The van der Waals surface area contributed by atoms with Crippen molar-refractivity contribution >= 4 is 28.6 Å². The Kier molecular flexibility index (Phi) is 4.78. The first-order chi connectivity index (χ1) is 13.6. The fourth-order valence-electron chi connectivity index (χ4n) is 3.83. The van der Waals surface area contributed by atoms with Crippen LogP contribution in [0, 0.1) is 18.3 Å². The smallest absolute Gasteiger partial charge is 0.409 e. The number of likely N-dealkylation sites (tertiary alicyclic amines) is 1. The highest BCUT2D eigenvalue weighted by Gasteiger charge is 2.24. The summed E-state index contributed by atoms with van der Waals surface area (Å²) in [5.74, 6) is 0.926. The molecule has 7 heteroatoms. The topological polar surface area (TPSA) is 82.7 Å². The molecule has 1 aliphatic heterocycles. The zero-order chi connectivity index (χ0) is 19.7. The third-order valence-electron chi connectivity index (χ3n) is 5.26. The number of nitriles is 1. The van der Waals surface area contributed by atoms with E-state index in [-0.39, 0.29) is 12.1 Å². The second-order valence-corrected chi connectivity index (χ2v) is 7.06. The summed E-state index contributed by atoms with van der Waals surface area (Å²) in [7, 11) is 0. The molecular formula is C21H23N5O2. The average molecular weight is 377 g/mol. The van der Waals surface area contributed by atoms with Crippen LogP contribution in [0.2, 0.25) is 0 Å². The molecule has 1 N–H and O–H groups in total. The normalized spacial score (nSPS) is 15.0. The number of imidazole rings is 1. The number of fused-ring (bicyclic) bond motifs is 3. The van der Waals surface area contributed by atoms with E-state index < -0.39 is 0 Å². The Morgan fingerprint density at radius 3 is 2.82 bits per heavy atom. The summed E-state index contributed by atoms with van der Waals surface area (Å²) in [5.41, 5.74) is 4.01. The lowest BCUT2D eigenvalue weighted by atomic mass is 10.1. The number of nitrogens with zero attached hydrogens (tertiary/aromatic N) is 4. The van der Waals surface area contributed by atoms with Crippen LogP contribution in [-0.4, -0.2) is 46.1 Å². The number of pyridine rings is 1. The van der Waals surface area contributed by atoms with Crippen molar-refractivity contribution in [1.82, 2.24) is 14.3 Å². The van der Waals surface area contributed by atoms with Crippen LogP contribution in [0.1, 0.15) is 30.9 Å². The molecule has 2 aromatic heterocycles. The van der Waals surface area contributed by atoms with E-state index in [0.717, 1.165) is 35.3 Å². The highest BCUT2D eigenvalue weighted by Crippen LogP contribution is 2.28. The highest BCUT2D eigenvalue weighted by molar-refractivity contribution is 5.85. The van der Waals surface area contributed by atoms with Gasteiger partial charge in [-0.05, 0) is 50.5 Å². The predicted molar refractivity (Wildman–Crippen MR) is 107 cm³/mol. The number of carbonyl (C=O) groups is 1. The van der Waals surface area contributed by atoms with E-state index in [4.69, 9.17) is 4.74 Å². The van der Waals surface area contributed by atoms with Gasteiger partial charge in [-0.3, -0.25) is 4.40 Å². The number of piperidine rings is 1. The largest absolute Gasteiger partial charge is 0.450 e. The minimum absolute atomic E-state index is 0.238. The van der Waals surface area contributed by atoms with Crippen molar-refractivity contribution in [2.24, 2.45) is 0 Å². The molecule has 3 heterocycles. The molecule has 0 saturated carbocycles. The molecule has 7 nitrogen and oxygen atoms in total. The Morgan fingerprint density at radius 1 is 1.36 bits per heavy atom. The van der Waals surface area contributed by atoms with Crippen molar-refractivity contribution in [2.45, 2.75) is 32.7 Å². The molecule has 1 aromatic carbocycles. The van der Waals surface area contributed by atoms with Crippen LogP contribution < -0.4 is 5.32 Å². The monoisotopic (exact) mass is 377 g/mol. The van der Waals surface area contributed by atoms with Crippen LogP contribution in [0.3, 0.4) is 0 Å². The Bertz CT molecular complexity index is 1070. The number of carbonyl (C=O) groups excluding carboxylic acids is 1.